The predicted molar refractivity (Wildman–Crippen MR) is 600 cm³/mol. The number of ether oxygens (including phenoxy) is 8. The van der Waals surface area contributed by atoms with Gasteiger partial charge < -0.3 is 47.7 Å². The maximum atomic E-state index is 17.7. The molecular weight excluding hydrogens is 1920 g/mol. The Bertz CT molecular complexity index is 6090. The van der Waals surface area contributed by atoms with Crippen LogP contribution in [0.2, 0.25) is 0 Å². The van der Waals surface area contributed by atoms with Gasteiger partial charge in [0.2, 0.25) is 11.8 Å². The zero-order chi connectivity index (χ0) is 108. The van der Waals surface area contributed by atoms with Gasteiger partial charge in [-0.3, -0.25) is 38.6 Å². The number of halogens is 2. The van der Waals surface area contributed by atoms with Gasteiger partial charge in [0.1, 0.15) is 81.4 Å². The van der Waals surface area contributed by atoms with Crippen LogP contribution < -0.4 is 18.9 Å². The molecular formula is C128H154Cl2N4O16. The molecule has 11 aromatic carbocycles. The van der Waals surface area contributed by atoms with E-state index in [-0.39, 0.29) is 220 Å². The van der Waals surface area contributed by atoms with Gasteiger partial charge in [-0.1, -0.05) is 348 Å². The van der Waals surface area contributed by atoms with Gasteiger partial charge in [-0.15, -0.1) is 0 Å². The quantitative estimate of drug-likeness (QED) is 0.00864. The molecule has 0 N–H and O–H groups in total. The van der Waals surface area contributed by atoms with E-state index in [1.165, 1.54) is 0 Å². The maximum absolute atomic E-state index is 17.7. The van der Waals surface area contributed by atoms with E-state index < -0.39 is 59.5 Å². The van der Waals surface area contributed by atoms with E-state index in [1.807, 2.05) is 109 Å². The highest BCUT2D eigenvalue weighted by molar-refractivity contribution is 6.45. The third kappa shape index (κ3) is 26.8. The van der Waals surface area contributed by atoms with Crippen molar-refractivity contribution in [3.63, 3.8) is 0 Å². The van der Waals surface area contributed by atoms with E-state index in [2.05, 4.69) is 200 Å². The molecule has 2 heterocycles. The zero-order valence-corrected chi connectivity index (χ0v) is 93.4. The summed E-state index contributed by atoms with van der Waals surface area (Å²) >= 11 is 11.8. The first-order valence-corrected chi connectivity index (χ1v) is 54.7. The molecule has 11 aromatic rings. The summed E-state index contributed by atoms with van der Waals surface area (Å²) in [5.74, 6) is -3.55. The molecule has 6 amide bonds. The van der Waals surface area contributed by atoms with Gasteiger partial charge in [0, 0.05) is 82.1 Å². The highest BCUT2D eigenvalue weighted by Gasteiger charge is 2.49. The number of carbonyl (C=O) groups is 8. The molecule has 2 aliphatic heterocycles. The standard InChI is InChI=1S/C128H154Cl2N4O16/c1-81(129)119(141)145-69-67-143-65-63-131(61-59-83-35-27-23-28-36-83)117(139)99(71-85-39-31-25-32-40-85)133-113(135)95-73-101(147-91-51-43-87(44-52-91)125(15,16)77-121(3,4)5)107-109-103(149-93-55-47-89(48-56-93)127(19,20)79-123(9,10)11)75-97-106-98(116(138)134(115(97)137)100(72-86-41-33-26-34-42-86)118(140)132(62-60-84-37-29-24-30-38-84)64-66-144-68-70-146-120(142)82(2)130)76-104(150-94-57-49-90(50-58-94)128(21,22)80-124(12,13)14)110(112(106)109)108-102(74-96(114(133)136)105(95)111(107)108)148-92-53-45-88(46-54-92)126(17,18)78-122(6,7)8/h25-26,31-34,39-58,73-76,83-84,99-100H,1-2,23-24,27-30,35-38,59-72,77-80H2,3-22H3. The van der Waals surface area contributed by atoms with Crippen LogP contribution in [0.3, 0.4) is 0 Å². The lowest BCUT2D eigenvalue weighted by atomic mass is 9.72. The number of carbonyl (C=O) groups excluding carboxylic acids is 8. The lowest BCUT2D eigenvalue weighted by Crippen LogP contribution is -2.56. The second-order valence-corrected chi connectivity index (χ2v) is 50.5. The summed E-state index contributed by atoms with van der Waals surface area (Å²) in [6.07, 6.45) is 14.7. The van der Waals surface area contributed by atoms with E-state index >= 15 is 28.8 Å². The van der Waals surface area contributed by atoms with Gasteiger partial charge in [0.15, 0.2) is 0 Å². The monoisotopic (exact) mass is 2070 g/mol. The summed E-state index contributed by atoms with van der Waals surface area (Å²) in [5, 5.41) is 1.42. The van der Waals surface area contributed by atoms with Crippen LogP contribution in [-0.2, 0) is 72.6 Å². The Labute approximate surface area is 897 Å². The fourth-order valence-corrected chi connectivity index (χ4v) is 24.7. The van der Waals surface area contributed by atoms with Crippen molar-refractivity contribution < 1.29 is 76.3 Å². The normalized spacial score (nSPS) is 15.2. The molecule has 2 atom stereocenters. The average Bonchev–Trinajstić information content (AvgIpc) is 0.667. The van der Waals surface area contributed by atoms with Crippen molar-refractivity contribution in [2.75, 3.05) is 65.8 Å². The lowest BCUT2D eigenvalue weighted by molar-refractivity contribution is -0.141. The molecule has 150 heavy (non-hydrogen) atoms. The van der Waals surface area contributed by atoms with Crippen LogP contribution >= 0.6 is 23.2 Å². The summed E-state index contributed by atoms with van der Waals surface area (Å²) in [4.78, 5) is 135. The Morgan fingerprint density at radius 3 is 0.820 bits per heavy atom. The molecule has 0 spiro atoms. The second-order valence-electron chi connectivity index (χ2n) is 49.6. The van der Waals surface area contributed by atoms with Crippen LogP contribution in [0.25, 0.3) is 43.1 Å². The van der Waals surface area contributed by atoms with Crippen molar-refractivity contribution in [2.24, 2.45) is 33.5 Å². The summed E-state index contributed by atoms with van der Waals surface area (Å²) in [6.45, 7) is 51.8. The first kappa shape index (κ1) is 112. The minimum atomic E-state index is -1.51. The molecule has 15 rings (SSSR count). The minimum absolute atomic E-state index is 0.00566. The van der Waals surface area contributed by atoms with Crippen molar-refractivity contribution in [1.29, 1.82) is 0 Å². The third-order valence-corrected chi connectivity index (χ3v) is 30.4. The van der Waals surface area contributed by atoms with E-state index in [9.17, 15) is 9.59 Å². The van der Waals surface area contributed by atoms with Crippen LogP contribution in [-0.4, -0.2) is 145 Å². The van der Waals surface area contributed by atoms with Crippen LogP contribution in [0, 0.1) is 33.5 Å². The van der Waals surface area contributed by atoms with Crippen molar-refractivity contribution >= 4 is 114 Å². The smallest absolute Gasteiger partial charge is 0.349 e. The summed E-state index contributed by atoms with van der Waals surface area (Å²) in [5.41, 5.74) is 3.80. The largest absolute Gasteiger partial charge is 0.459 e. The van der Waals surface area contributed by atoms with Gasteiger partial charge in [-0.05, 0) is 200 Å². The van der Waals surface area contributed by atoms with E-state index in [0.29, 0.717) is 58.8 Å². The number of rotatable bonds is 44. The molecule has 20 nitrogen and oxygen atoms in total. The number of imide groups is 2. The molecule has 2 aliphatic carbocycles. The molecule has 0 saturated heterocycles. The number of hydrogen-bond donors (Lipinski definition) is 0. The van der Waals surface area contributed by atoms with E-state index in [4.69, 9.17) is 61.1 Å². The van der Waals surface area contributed by atoms with Gasteiger partial charge in [-0.2, -0.15) is 0 Å². The molecule has 2 unspecified atom stereocenters. The highest BCUT2D eigenvalue weighted by atomic mass is 35.5. The highest BCUT2D eigenvalue weighted by Crippen LogP contribution is 2.60. The summed E-state index contributed by atoms with van der Waals surface area (Å²) in [6, 6.07) is 54.2. The van der Waals surface area contributed by atoms with Crippen molar-refractivity contribution in [2.45, 2.75) is 288 Å². The number of fused-ring (bicyclic) bond motifs is 2. The van der Waals surface area contributed by atoms with Gasteiger partial charge in [0.05, 0.1) is 48.7 Å². The Morgan fingerprint density at radius 1 is 0.327 bits per heavy atom. The fraction of sp³-hybridized carbons (Fsp3) is 0.469. The first-order valence-electron chi connectivity index (χ1n) is 53.9. The number of nitrogens with zero attached hydrogens (tertiary/aromatic N) is 4. The number of hydrogen-bond acceptors (Lipinski definition) is 16. The summed E-state index contributed by atoms with van der Waals surface area (Å²) < 4.78 is 54.1. The molecule has 0 bridgehead atoms. The molecule has 4 aliphatic rings. The Balaban J connectivity index is 1.06. The van der Waals surface area contributed by atoms with Crippen LogP contribution in [0.1, 0.15) is 316 Å². The molecule has 796 valence electrons. The first-order chi connectivity index (χ1) is 70.8. The fourth-order valence-electron chi connectivity index (χ4n) is 24.6. The van der Waals surface area contributed by atoms with Crippen LogP contribution in [0.15, 0.2) is 205 Å². The Hall–Kier alpha value is -11.9. The van der Waals surface area contributed by atoms with Gasteiger partial charge >= 0.3 is 11.9 Å². The minimum Gasteiger partial charge on any atom is -0.459 e. The zero-order valence-electron chi connectivity index (χ0n) is 91.9. The van der Waals surface area contributed by atoms with Gasteiger partial charge in [-0.25, -0.2) is 9.59 Å². The Kier molecular flexibility index (Phi) is 34.6. The summed E-state index contributed by atoms with van der Waals surface area (Å²) in [7, 11) is 0. The van der Waals surface area contributed by atoms with Crippen molar-refractivity contribution in [3.8, 4) is 46.0 Å². The van der Waals surface area contributed by atoms with E-state index in [0.717, 1.165) is 122 Å². The van der Waals surface area contributed by atoms with E-state index in [1.54, 1.807) is 34.1 Å². The molecule has 0 aromatic heterocycles. The molecule has 2 saturated carbocycles. The average molecular weight is 2080 g/mol. The third-order valence-electron chi connectivity index (χ3n) is 30.1. The topological polar surface area (TPSA) is 223 Å². The SMILES string of the molecule is C=C(Cl)C(=O)OCCOCCN(CCC1CCCCC1)C(=O)C(Cc1ccccc1)N1C(=O)c2cc(Oc3ccc(C(C)(C)CC(C)(C)C)cc3)c3c4c(Oc5ccc(C(C)(C)CC(C)(C)C)cc5)cc5c6c(cc(Oc7ccc(C(C)(C)CC(C)(C)C)cc7)c(c7c(Oc8ccc(C(C)(C)CC(C)(C)C)cc8)cc(c2c37)C1=O)c64)C(=O)N(C(Cc1ccccc1)C(=O)N(CCOCCOC(=O)C(=C)Cl)CCC1CCCCC1)C5=O. The maximum Gasteiger partial charge on any atom is 0.349 e. The van der Waals surface area contributed by atoms with Gasteiger partial charge in [0.25, 0.3) is 23.6 Å². The van der Waals surface area contributed by atoms with Crippen molar-refractivity contribution in [1.82, 2.24) is 19.6 Å². The molecule has 22 heteroatoms. The number of amides is 6. The van der Waals surface area contributed by atoms with Crippen molar-refractivity contribution in [3.05, 3.63) is 261 Å². The molecule has 0 radical (unpaired) electrons. The predicted octanol–water partition coefficient (Wildman–Crippen LogP) is 30.4. The number of benzene rings is 11. The lowest BCUT2D eigenvalue weighted by Gasteiger charge is -2.38. The number of esters is 2. The molecule has 2 fully saturated rings. The second kappa shape index (κ2) is 46.3. The van der Waals surface area contributed by atoms with Crippen LogP contribution in [0.4, 0.5) is 0 Å². The Morgan fingerprint density at radius 2 is 0.580 bits per heavy atom. The van der Waals surface area contributed by atoms with Crippen LogP contribution in [0.5, 0.6) is 46.0 Å².